The molecule has 0 radical (unpaired) electrons. The van der Waals surface area contributed by atoms with Crippen LogP contribution in [0.5, 0.6) is 0 Å². The predicted octanol–water partition coefficient (Wildman–Crippen LogP) is 4.20. The van der Waals surface area contributed by atoms with Crippen LogP contribution >= 0.6 is 23.2 Å². The molecule has 1 aromatic heterocycles. The van der Waals surface area contributed by atoms with Gasteiger partial charge in [0.15, 0.2) is 0 Å². The van der Waals surface area contributed by atoms with Crippen LogP contribution in [-0.4, -0.2) is 12.0 Å². The van der Waals surface area contributed by atoms with Crippen LogP contribution in [0.15, 0.2) is 36.5 Å². The molecule has 4 heteroatoms. The van der Waals surface area contributed by atoms with E-state index in [-0.39, 0.29) is 6.04 Å². The first kappa shape index (κ1) is 14.3. The second-order valence-electron chi connectivity index (χ2n) is 4.45. The molecule has 0 fully saturated rings. The Kier molecular flexibility index (Phi) is 4.81. The summed E-state index contributed by atoms with van der Waals surface area (Å²) in [6, 6.07) is 9.62. The number of aryl methyl sites for hydroxylation is 1. The van der Waals surface area contributed by atoms with Gasteiger partial charge >= 0.3 is 0 Å². The van der Waals surface area contributed by atoms with Gasteiger partial charge in [0.1, 0.15) is 0 Å². The minimum Gasteiger partial charge on any atom is -0.313 e. The van der Waals surface area contributed by atoms with Crippen molar-refractivity contribution in [3.8, 4) is 0 Å². The molecule has 0 saturated carbocycles. The molecular formula is C15H16Cl2N2. The zero-order valence-corrected chi connectivity index (χ0v) is 12.5. The second-order valence-corrected chi connectivity index (χ2v) is 5.26. The number of nitrogens with zero attached hydrogens (tertiary/aromatic N) is 1. The SMILES string of the molecule is CNC(Cc1ncccc1C)c1c(Cl)cccc1Cl. The van der Waals surface area contributed by atoms with Crippen LogP contribution in [0.3, 0.4) is 0 Å². The molecule has 2 aromatic rings. The highest BCUT2D eigenvalue weighted by Crippen LogP contribution is 2.32. The van der Waals surface area contributed by atoms with Crippen LogP contribution in [0.25, 0.3) is 0 Å². The van der Waals surface area contributed by atoms with E-state index in [4.69, 9.17) is 23.2 Å². The van der Waals surface area contributed by atoms with Gasteiger partial charge in [0, 0.05) is 40.0 Å². The number of benzene rings is 1. The van der Waals surface area contributed by atoms with Gasteiger partial charge < -0.3 is 5.32 Å². The summed E-state index contributed by atoms with van der Waals surface area (Å²) in [6.45, 7) is 2.06. The Hall–Kier alpha value is -1.09. The Labute approximate surface area is 123 Å². The van der Waals surface area contributed by atoms with Crippen LogP contribution in [-0.2, 0) is 6.42 Å². The van der Waals surface area contributed by atoms with Gasteiger partial charge in [-0.05, 0) is 37.7 Å². The molecule has 0 aliphatic heterocycles. The summed E-state index contributed by atoms with van der Waals surface area (Å²) in [5.74, 6) is 0. The first-order valence-electron chi connectivity index (χ1n) is 6.15. The van der Waals surface area contributed by atoms with Gasteiger partial charge in [0.2, 0.25) is 0 Å². The molecule has 0 spiro atoms. The molecule has 1 atom stereocenters. The van der Waals surface area contributed by atoms with Crippen molar-refractivity contribution in [2.75, 3.05) is 7.05 Å². The fourth-order valence-electron chi connectivity index (χ4n) is 2.12. The van der Waals surface area contributed by atoms with E-state index in [0.717, 1.165) is 17.7 Å². The van der Waals surface area contributed by atoms with E-state index in [1.54, 1.807) is 0 Å². The van der Waals surface area contributed by atoms with Crippen molar-refractivity contribution >= 4 is 23.2 Å². The monoisotopic (exact) mass is 294 g/mol. The van der Waals surface area contributed by atoms with Gasteiger partial charge in [0.25, 0.3) is 0 Å². The van der Waals surface area contributed by atoms with Crippen molar-refractivity contribution in [3.63, 3.8) is 0 Å². The lowest BCUT2D eigenvalue weighted by atomic mass is 9.99. The van der Waals surface area contributed by atoms with Gasteiger partial charge in [-0.3, -0.25) is 4.98 Å². The number of pyridine rings is 1. The Morgan fingerprint density at radius 3 is 2.42 bits per heavy atom. The fourth-order valence-corrected chi connectivity index (χ4v) is 2.78. The van der Waals surface area contributed by atoms with Crippen molar-refractivity contribution in [1.82, 2.24) is 10.3 Å². The highest BCUT2D eigenvalue weighted by molar-refractivity contribution is 6.36. The van der Waals surface area contributed by atoms with E-state index < -0.39 is 0 Å². The Bertz CT molecular complexity index is 550. The Balaban J connectivity index is 2.34. The standard InChI is InChI=1S/C15H16Cl2N2/c1-10-5-4-8-19-13(10)9-14(18-2)15-11(16)6-3-7-12(15)17/h3-8,14,18H,9H2,1-2H3. The fraction of sp³-hybridized carbons (Fsp3) is 0.267. The molecule has 100 valence electrons. The van der Waals surface area contributed by atoms with Gasteiger partial charge in [-0.25, -0.2) is 0 Å². The average Bonchev–Trinajstić information content (AvgIpc) is 2.39. The third-order valence-electron chi connectivity index (χ3n) is 3.21. The van der Waals surface area contributed by atoms with Gasteiger partial charge in [-0.1, -0.05) is 35.3 Å². The maximum Gasteiger partial charge on any atom is 0.0468 e. The van der Waals surface area contributed by atoms with Gasteiger partial charge in [-0.2, -0.15) is 0 Å². The smallest absolute Gasteiger partial charge is 0.0468 e. The first-order chi connectivity index (χ1) is 9.13. The van der Waals surface area contributed by atoms with Crippen molar-refractivity contribution < 1.29 is 0 Å². The molecule has 0 aliphatic carbocycles. The Morgan fingerprint density at radius 1 is 1.16 bits per heavy atom. The minimum absolute atomic E-state index is 0.0507. The first-order valence-corrected chi connectivity index (χ1v) is 6.90. The van der Waals surface area contributed by atoms with Crippen molar-refractivity contribution in [2.24, 2.45) is 0 Å². The summed E-state index contributed by atoms with van der Waals surface area (Å²) in [5.41, 5.74) is 3.15. The van der Waals surface area contributed by atoms with Crippen LogP contribution < -0.4 is 5.32 Å². The summed E-state index contributed by atoms with van der Waals surface area (Å²) in [4.78, 5) is 4.42. The largest absolute Gasteiger partial charge is 0.313 e. The van der Waals surface area contributed by atoms with E-state index in [0.29, 0.717) is 10.0 Å². The quantitative estimate of drug-likeness (QED) is 0.914. The molecule has 0 bridgehead atoms. The van der Waals surface area contributed by atoms with Gasteiger partial charge in [-0.15, -0.1) is 0 Å². The Morgan fingerprint density at radius 2 is 1.84 bits per heavy atom. The highest BCUT2D eigenvalue weighted by Gasteiger charge is 2.18. The molecule has 0 aliphatic rings. The third kappa shape index (κ3) is 3.27. The molecule has 0 saturated heterocycles. The number of aromatic nitrogens is 1. The lowest BCUT2D eigenvalue weighted by Gasteiger charge is -2.19. The van der Waals surface area contributed by atoms with Crippen LogP contribution in [0.4, 0.5) is 0 Å². The normalized spacial score (nSPS) is 12.4. The summed E-state index contributed by atoms with van der Waals surface area (Å²) in [5, 5.41) is 4.63. The zero-order valence-electron chi connectivity index (χ0n) is 11.0. The number of hydrogen-bond donors (Lipinski definition) is 1. The van der Waals surface area contributed by atoms with E-state index in [1.165, 1.54) is 5.56 Å². The van der Waals surface area contributed by atoms with Crippen LogP contribution in [0.2, 0.25) is 10.0 Å². The highest BCUT2D eigenvalue weighted by atomic mass is 35.5. The van der Waals surface area contributed by atoms with Crippen molar-refractivity contribution in [1.29, 1.82) is 0 Å². The summed E-state index contributed by atoms with van der Waals surface area (Å²) < 4.78 is 0. The van der Waals surface area contributed by atoms with E-state index >= 15 is 0 Å². The molecule has 0 amide bonds. The van der Waals surface area contributed by atoms with Crippen molar-refractivity contribution in [3.05, 3.63) is 63.4 Å². The van der Waals surface area contributed by atoms with Gasteiger partial charge in [0.05, 0.1) is 0 Å². The van der Waals surface area contributed by atoms with Crippen molar-refractivity contribution in [2.45, 2.75) is 19.4 Å². The topological polar surface area (TPSA) is 24.9 Å². The second kappa shape index (κ2) is 6.38. The molecule has 19 heavy (non-hydrogen) atoms. The molecule has 2 nitrogen and oxygen atoms in total. The number of nitrogens with one attached hydrogen (secondary N) is 1. The van der Waals surface area contributed by atoms with Crippen LogP contribution in [0.1, 0.15) is 22.9 Å². The van der Waals surface area contributed by atoms with E-state index in [1.807, 2.05) is 37.5 Å². The maximum absolute atomic E-state index is 6.26. The summed E-state index contributed by atoms with van der Waals surface area (Å²) in [7, 11) is 1.91. The van der Waals surface area contributed by atoms with E-state index in [2.05, 4.69) is 23.3 Å². The lowest BCUT2D eigenvalue weighted by Crippen LogP contribution is -2.20. The molecule has 1 aromatic carbocycles. The number of hydrogen-bond acceptors (Lipinski definition) is 2. The summed E-state index contributed by atoms with van der Waals surface area (Å²) in [6.07, 6.45) is 2.57. The minimum atomic E-state index is 0.0507. The number of rotatable bonds is 4. The molecule has 1 heterocycles. The molecule has 1 unspecified atom stereocenters. The maximum atomic E-state index is 6.26. The average molecular weight is 295 g/mol. The number of halogens is 2. The summed E-state index contributed by atoms with van der Waals surface area (Å²) >= 11 is 12.5. The predicted molar refractivity (Wildman–Crippen MR) is 80.9 cm³/mol. The molecular weight excluding hydrogens is 279 g/mol. The molecule has 2 rings (SSSR count). The van der Waals surface area contributed by atoms with Crippen LogP contribution in [0, 0.1) is 6.92 Å². The third-order valence-corrected chi connectivity index (χ3v) is 3.87. The molecule has 1 N–H and O–H groups in total. The zero-order chi connectivity index (χ0) is 13.8. The van der Waals surface area contributed by atoms with E-state index in [9.17, 15) is 0 Å². The number of likely N-dealkylation sites (N-methyl/N-ethyl adjacent to an activating group) is 1. The lowest BCUT2D eigenvalue weighted by molar-refractivity contribution is 0.583.